The third-order valence-electron chi connectivity index (χ3n) is 5.95. The Kier molecular flexibility index (Phi) is 6.67. The van der Waals surface area contributed by atoms with E-state index in [0.717, 1.165) is 21.7 Å². The Hall–Kier alpha value is -2.13. The van der Waals surface area contributed by atoms with Gasteiger partial charge >= 0.3 is 0 Å². The molecule has 2 aromatic rings. The van der Waals surface area contributed by atoms with Crippen LogP contribution in [0.3, 0.4) is 0 Å². The molecular formula is C23H32N4O3S. The SMILES string of the molecule is Cc1ncsc1-c1ccc([C@H](C)NC(=O)[C@@H]2C[C@](O)(C(=O)[C@@H](N)C(C)(C)C)CN2)cc1. The number of aryl methyl sites for hydroxylation is 1. The Morgan fingerprint density at radius 3 is 2.52 bits per heavy atom. The van der Waals surface area contributed by atoms with Gasteiger partial charge in [-0.3, -0.25) is 9.59 Å². The maximum atomic E-state index is 12.8. The van der Waals surface area contributed by atoms with Crippen molar-refractivity contribution < 1.29 is 14.7 Å². The Balaban J connectivity index is 1.61. The molecule has 0 spiro atoms. The summed E-state index contributed by atoms with van der Waals surface area (Å²) in [6.45, 7) is 9.48. The first-order chi connectivity index (χ1) is 14.4. The summed E-state index contributed by atoms with van der Waals surface area (Å²) in [5, 5.41) is 16.8. The molecule has 1 aliphatic heterocycles. The summed E-state index contributed by atoms with van der Waals surface area (Å²) in [5.41, 5.74) is 8.85. The lowest BCUT2D eigenvalue weighted by molar-refractivity contribution is -0.139. The number of hydrogen-bond acceptors (Lipinski definition) is 7. The van der Waals surface area contributed by atoms with Crippen molar-refractivity contribution in [2.45, 2.75) is 64.8 Å². The number of nitrogens with two attached hydrogens (primary N) is 1. The van der Waals surface area contributed by atoms with Crippen LogP contribution in [0.5, 0.6) is 0 Å². The van der Waals surface area contributed by atoms with Gasteiger partial charge in [0, 0.05) is 13.0 Å². The average Bonchev–Trinajstić information content (AvgIpc) is 3.32. The van der Waals surface area contributed by atoms with Gasteiger partial charge in [-0.15, -0.1) is 11.3 Å². The first-order valence-corrected chi connectivity index (χ1v) is 11.4. The van der Waals surface area contributed by atoms with Crippen molar-refractivity contribution in [2.75, 3.05) is 6.54 Å². The van der Waals surface area contributed by atoms with Crippen molar-refractivity contribution in [3.8, 4) is 10.4 Å². The van der Waals surface area contributed by atoms with Crippen LogP contribution in [0.2, 0.25) is 0 Å². The van der Waals surface area contributed by atoms with Gasteiger partial charge in [0.2, 0.25) is 5.91 Å². The van der Waals surface area contributed by atoms with E-state index in [1.165, 1.54) is 0 Å². The van der Waals surface area contributed by atoms with Gasteiger partial charge in [-0.05, 0) is 30.4 Å². The minimum Gasteiger partial charge on any atom is -0.381 e. The number of thiazole rings is 1. The number of aromatic nitrogens is 1. The number of Topliss-reactive ketones (excluding diaryl/α,β-unsaturated/α-hetero) is 1. The molecule has 1 aliphatic rings. The predicted octanol–water partition coefficient (Wildman–Crippen LogP) is 2.33. The molecule has 5 N–H and O–H groups in total. The molecule has 3 rings (SSSR count). The van der Waals surface area contributed by atoms with Gasteiger partial charge in [0.1, 0.15) is 5.60 Å². The van der Waals surface area contributed by atoms with Crippen LogP contribution in [0.4, 0.5) is 0 Å². The predicted molar refractivity (Wildman–Crippen MR) is 123 cm³/mol. The molecule has 31 heavy (non-hydrogen) atoms. The second-order valence-corrected chi connectivity index (χ2v) is 10.4. The van der Waals surface area contributed by atoms with Crippen molar-refractivity contribution >= 4 is 23.0 Å². The van der Waals surface area contributed by atoms with E-state index in [-0.39, 0.29) is 24.9 Å². The van der Waals surface area contributed by atoms with E-state index in [1.807, 2.05) is 64.4 Å². The maximum absolute atomic E-state index is 12.8. The number of nitrogens with zero attached hydrogens (tertiary/aromatic N) is 1. The van der Waals surface area contributed by atoms with E-state index in [0.29, 0.717) is 0 Å². The number of benzene rings is 1. The number of nitrogens with one attached hydrogen (secondary N) is 2. The molecule has 0 radical (unpaired) electrons. The molecule has 168 valence electrons. The highest BCUT2D eigenvalue weighted by Gasteiger charge is 2.49. The molecular weight excluding hydrogens is 412 g/mol. The van der Waals surface area contributed by atoms with Crippen molar-refractivity contribution in [3.05, 3.63) is 41.0 Å². The van der Waals surface area contributed by atoms with Crippen LogP contribution in [-0.2, 0) is 9.59 Å². The second-order valence-electron chi connectivity index (χ2n) is 9.50. The zero-order valence-electron chi connectivity index (χ0n) is 18.7. The Morgan fingerprint density at radius 2 is 1.97 bits per heavy atom. The number of ketones is 1. The fourth-order valence-electron chi connectivity index (χ4n) is 3.73. The standard InChI is InChI=1S/C23H32N4O3S/c1-13(15-6-8-16(9-7-15)18-14(2)26-12-31-18)27-21(29)17-10-23(30,11-25-17)20(28)19(24)22(3,4)5/h6-9,12-13,17,19,25,30H,10-11,24H2,1-5H3,(H,27,29)/t13-,17-,19+,23+/m0/s1. The number of carbonyl (C=O) groups excluding carboxylic acids is 2. The summed E-state index contributed by atoms with van der Waals surface area (Å²) in [5.74, 6) is -0.673. The van der Waals surface area contributed by atoms with E-state index in [1.54, 1.807) is 11.3 Å². The second kappa shape index (κ2) is 8.78. The summed E-state index contributed by atoms with van der Waals surface area (Å²) in [4.78, 5) is 30.9. The van der Waals surface area contributed by atoms with E-state index >= 15 is 0 Å². The van der Waals surface area contributed by atoms with E-state index < -0.39 is 28.9 Å². The maximum Gasteiger partial charge on any atom is 0.237 e. The van der Waals surface area contributed by atoms with Crippen molar-refractivity contribution in [3.63, 3.8) is 0 Å². The summed E-state index contributed by atoms with van der Waals surface area (Å²) >= 11 is 1.60. The zero-order valence-corrected chi connectivity index (χ0v) is 19.5. The minimum atomic E-state index is -1.63. The van der Waals surface area contributed by atoms with Gasteiger partial charge in [-0.2, -0.15) is 0 Å². The van der Waals surface area contributed by atoms with Crippen molar-refractivity contribution in [2.24, 2.45) is 11.1 Å². The number of carbonyl (C=O) groups is 2. The minimum absolute atomic E-state index is 0.0117. The summed E-state index contributed by atoms with van der Waals surface area (Å²) < 4.78 is 0. The number of rotatable bonds is 6. The van der Waals surface area contributed by atoms with Gasteiger partial charge in [-0.25, -0.2) is 4.98 Å². The average molecular weight is 445 g/mol. The molecule has 8 heteroatoms. The lowest BCUT2D eigenvalue weighted by Crippen LogP contribution is -2.54. The summed E-state index contributed by atoms with van der Waals surface area (Å²) in [6, 6.07) is 6.36. The third kappa shape index (κ3) is 5.03. The quantitative estimate of drug-likeness (QED) is 0.543. The Morgan fingerprint density at radius 1 is 1.32 bits per heavy atom. The van der Waals surface area contributed by atoms with Crippen LogP contribution in [0.1, 0.15) is 51.4 Å². The van der Waals surface area contributed by atoms with Crippen LogP contribution in [0, 0.1) is 12.3 Å². The number of β-amino-alcohol motifs (C(OH)–C–C–N with tert-alkyl or cyclic N) is 1. The Labute approximate surface area is 187 Å². The molecule has 0 bridgehead atoms. The van der Waals surface area contributed by atoms with Crippen LogP contribution < -0.4 is 16.4 Å². The molecule has 1 aromatic heterocycles. The third-order valence-corrected chi connectivity index (χ3v) is 6.93. The highest BCUT2D eigenvalue weighted by Crippen LogP contribution is 2.29. The van der Waals surface area contributed by atoms with Crippen LogP contribution in [0.25, 0.3) is 10.4 Å². The molecule has 1 saturated heterocycles. The fraction of sp³-hybridized carbons (Fsp3) is 0.522. The zero-order chi connectivity index (χ0) is 23.0. The molecule has 1 amide bonds. The number of amides is 1. The monoisotopic (exact) mass is 444 g/mol. The molecule has 2 heterocycles. The number of aliphatic hydroxyl groups is 1. The van der Waals surface area contributed by atoms with Gasteiger partial charge < -0.3 is 21.5 Å². The van der Waals surface area contributed by atoms with Gasteiger partial charge in [-0.1, -0.05) is 45.0 Å². The largest absolute Gasteiger partial charge is 0.381 e. The lowest BCUT2D eigenvalue weighted by atomic mass is 9.78. The van der Waals surface area contributed by atoms with E-state index in [2.05, 4.69) is 15.6 Å². The highest BCUT2D eigenvalue weighted by atomic mass is 32.1. The summed E-state index contributed by atoms with van der Waals surface area (Å²) in [6.07, 6.45) is 0.0117. The van der Waals surface area contributed by atoms with E-state index in [9.17, 15) is 14.7 Å². The van der Waals surface area contributed by atoms with Crippen LogP contribution in [0.15, 0.2) is 29.8 Å². The van der Waals surface area contributed by atoms with Crippen molar-refractivity contribution in [1.82, 2.24) is 15.6 Å². The lowest BCUT2D eigenvalue weighted by Gasteiger charge is -2.31. The molecule has 1 aromatic carbocycles. The molecule has 7 nitrogen and oxygen atoms in total. The smallest absolute Gasteiger partial charge is 0.237 e. The molecule has 0 aliphatic carbocycles. The van der Waals surface area contributed by atoms with Gasteiger partial charge in [0.25, 0.3) is 0 Å². The van der Waals surface area contributed by atoms with Gasteiger partial charge in [0.15, 0.2) is 5.78 Å². The molecule has 4 atom stereocenters. The highest BCUT2D eigenvalue weighted by molar-refractivity contribution is 7.13. The number of hydrogen-bond donors (Lipinski definition) is 4. The van der Waals surface area contributed by atoms with Crippen LogP contribution >= 0.6 is 11.3 Å². The van der Waals surface area contributed by atoms with Crippen molar-refractivity contribution in [1.29, 1.82) is 0 Å². The normalized spacial score (nSPS) is 23.4. The van der Waals surface area contributed by atoms with Gasteiger partial charge in [0.05, 0.1) is 34.2 Å². The molecule has 0 saturated carbocycles. The first-order valence-electron chi connectivity index (χ1n) is 10.5. The van der Waals surface area contributed by atoms with E-state index in [4.69, 9.17) is 5.73 Å². The fourth-order valence-corrected chi connectivity index (χ4v) is 4.54. The molecule has 1 fully saturated rings. The molecule has 0 unspecified atom stereocenters. The Bertz CT molecular complexity index is 950. The summed E-state index contributed by atoms with van der Waals surface area (Å²) in [7, 11) is 0. The topological polar surface area (TPSA) is 117 Å². The van der Waals surface area contributed by atoms with Crippen LogP contribution in [-0.4, -0.2) is 46.0 Å². The first kappa shape index (κ1) is 23.5.